The molecule has 1 aliphatic heterocycles. The van der Waals surface area contributed by atoms with Crippen LogP contribution in [-0.2, 0) is 42.7 Å². The maximum Gasteiger partial charge on any atom is 0.217 e. The highest BCUT2D eigenvalue weighted by molar-refractivity contribution is 8.00. The van der Waals surface area contributed by atoms with E-state index in [1.54, 1.807) is 0 Å². The second-order valence-electron chi connectivity index (χ2n) is 12.5. The molecule has 4 N–H and O–H groups in total. The molecular formula is C35H67NO12S. The Morgan fingerprint density at radius 1 is 0.714 bits per heavy atom. The van der Waals surface area contributed by atoms with E-state index >= 15 is 0 Å². The predicted molar refractivity (Wildman–Crippen MR) is 190 cm³/mol. The number of ether oxygens (including phenoxy) is 8. The van der Waals surface area contributed by atoms with Gasteiger partial charge in [-0.3, -0.25) is 4.79 Å². The Labute approximate surface area is 299 Å². The topological polar surface area (TPSA) is 164 Å². The molecule has 0 saturated carbocycles. The van der Waals surface area contributed by atoms with Crippen LogP contribution in [0.4, 0.5) is 0 Å². The zero-order valence-corrected chi connectivity index (χ0v) is 31.2. The van der Waals surface area contributed by atoms with Crippen LogP contribution >= 0.6 is 11.8 Å². The molecule has 14 heteroatoms. The second-order valence-corrected chi connectivity index (χ2v) is 14.2. The van der Waals surface area contributed by atoms with Crippen molar-refractivity contribution in [3.63, 3.8) is 0 Å². The Balaban J connectivity index is 1.78. The second kappa shape index (κ2) is 30.7. The highest BCUT2D eigenvalue weighted by Gasteiger charge is 2.45. The molecule has 5 atom stereocenters. The molecule has 0 aromatic heterocycles. The minimum Gasteiger partial charge on any atom is -0.394 e. The molecule has 0 radical (unpaired) electrons. The van der Waals surface area contributed by atoms with Crippen LogP contribution in [0.5, 0.6) is 0 Å². The van der Waals surface area contributed by atoms with Crippen LogP contribution in [0.3, 0.4) is 0 Å². The van der Waals surface area contributed by atoms with Gasteiger partial charge in [0.1, 0.15) is 24.4 Å². The van der Waals surface area contributed by atoms with Crippen molar-refractivity contribution in [2.45, 2.75) is 108 Å². The van der Waals surface area contributed by atoms with Crippen molar-refractivity contribution in [1.82, 2.24) is 5.32 Å². The van der Waals surface area contributed by atoms with Crippen molar-refractivity contribution in [2.24, 2.45) is 0 Å². The third-order valence-corrected chi connectivity index (χ3v) is 9.17. The number of rotatable bonds is 34. The number of unbranched alkanes of at least 4 members (excludes halogenated alkanes) is 7. The molecule has 49 heavy (non-hydrogen) atoms. The molecule has 1 amide bonds. The first-order valence-electron chi connectivity index (χ1n) is 18.0. The van der Waals surface area contributed by atoms with E-state index in [-0.39, 0.29) is 18.0 Å². The van der Waals surface area contributed by atoms with Crippen molar-refractivity contribution < 1.29 is 58.0 Å². The summed E-state index contributed by atoms with van der Waals surface area (Å²) in [5, 5.41) is 32.2. The number of hydrogen-bond acceptors (Lipinski definition) is 13. The van der Waals surface area contributed by atoms with Gasteiger partial charge in [-0.1, -0.05) is 44.6 Å². The number of nitrogens with one attached hydrogen (secondary N) is 1. The predicted octanol–water partition coefficient (Wildman–Crippen LogP) is 2.86. The number of hydrogen-bond donors (Lipinski definition) is 4. The number of carbonyl (C=O) groups excluding carboxylic acids is 1. The van der Waals surface area contributed by atoms with Gasteiger partial charge >= 0.3 is 0 Å². The molecule has 5 unspecified atom stereocenters. The molecular weight excluding hydrogens is 658 g/mol. The van der Waals surface area contributed by atoms with Crippen LogP contribution < -0.4 is 5.32 Å². The first kappa shape index (κ1) is 46.1. The summed E-state index contributed by atoms with van der Waals surface area (Å²) in [6, 6.07) is -0.978. The van der Waals surface area contributed by atoms with Crippen molar-refractivity contribution in [3.05, 3.63) is 12.7 Å². The van der Waals surface area contributed by atoms with Crippen LogP contribution in [-0.4, -0.2) is 155 Å². The van der Waals surface area contributed by atoms with Gasteiger partial charge in [-0.2, -0.15) is 11.8 Å². The van der Waals surface area contributed by atoms with Gasteiger partial charge in [0.2, 0.25) is 5.91 Å². The van der Waals surface area contributed by atoms with Crippen molar-refractivity contribution >= 4 is 17.7 Å². The normalized spacial score (nSPS) is 21.2. The van der Waals surface area contributed by atoms with Gasteiger partial charge in [0, 0.05) is 18.3 Å². The minimum atomic E-state index is -1.35. The van der Waals surface area contributed by atoms with Crippen molar-refractivity contribution in [1.29, 1.82) is 0 Å². The molecule has 13 nitrogen and oxygen atoms in total. The number of aliphatic hydroxyl groups is 3. The number of amides is 1. The summed E-state index contributed by atoms with van der Waals surface area (Å²) in [4.78, 5) is 11.5. The summed E-state index contributed by atoms with van der Waals surface area (Å²) in [5.74, 6) is 0.812. The average molecular weight is 726 g/mol. The average Bonchev–Trinajstić information content (AvgIpc) is 3.08. The lowest BCUT2D eigenvalue weighted by atomic mass is 9.97. The third kappa shape index (κ3) is 24.9. The van der Waals surface area contributed by atoms with E-state index in [2.05, 4.69) is 25.7 Å². The van der Waals surface area contributed by atoms with Crippen LogP contribution in [0.15, 0.2) is 12.7 Å². The van der Waals surface area contributed by atoms with E-state index in [0.717, 1.165) is 13.0 Å². The molecule has 0 aromatic carbocycles. The number of thioether (sulfide) groups is 1. The molecule has 1 fully saturated rings. The Bertz CT molecular complexity index is 796. The fourth-order valence-corrected chi connectivity index (χ4v) is 5.79. The van der Waals surface area contributed by atoms with Crippen LogP contribution in [0.1, 0.15) is 72.1 Å². The van der Waals surface area contributed by atoms with Crippen LogP contribution in [0.25, 0.3) is 0 Å². The summed E-state index contributed by atoms with van der Waals surface area (Å²) in [6.07, 6.45) is 7.52. The van der Waals surface area contributed by atoms with Gasteiger partial charge in [-0.25, -0.2) is 0 Å². The van der Waals surface area contributed by atoms with E-state index in [4.69, 9.17) is 37.9 Å². The molecule has 1 rings (SSSR count). The fourth-order valence-electron chi connectivity index (χ4n) is 4.80. The van der Waals surface area contributed by atoms with Gasteiger partial charge in [0.25, 0.3) is 0 Å². The Hall–Kier alpha value is -0.880. The summed E-state index contributed by atoms with van der Waals surface area (Å²) in [7, 11) is 0. The first-order valence-corrected chi connectivity index (χ1v) is 19.0. The van der Waals surface area contributed by atoms with Gasteiger partial charge in [0.05, 0.1) is 85.9 Å². The zero-order valence-electron chi connectivity index (χ0n) is 30.4. The van der Waals surface area contributed by atoms with Crippen molar-refractivity contribution in [2.75, 3.05) is 98.2 Å². The Morgan fingerprint density at radius 2 is 1.14 bits per heavy atom. The lowest BCUT2D eigenvalue weighted by molar-refractivity contribution is -0.272. The molecule has 0 spiro atoms. The van der Waals surface area contributed by atoms with E-state index in [9.17, 15) is 20.1 Å². The first-order chi connectivity index (χ1) is 23.7. The van der Waals surface area contributed by atoms with Crippen molar-refractivity contribution in [3.8, 4) is 0 Å². The molecule has 290 valence electrons. The van der Waals surface area contributed by atoms with E-state index < -0.39 is 43.2 Å². The van der Waals surface area contributed by atoms with Gasteiger partial charge in [0.15, 0.2) is 6.29 Å². The SMILES string of the molecule is C=CC(C)(C)SCCCCCCCCCCOCCOCCOCCOCCOCCOCCOC1OC(CO)C(O)C(O)C1NC(C)=O. The molecule has 1 aliphatic rings. The van der Waals surface area contributed by atoms with Gasteiger partial charge in [-0.15, -0.1) is 6.58 Å². The Kier molecular flexibility index (Phi) is 28.9. The van der Waals surface area contributed by atoms with Gasteiger partial charge in [-0.05, 0) is 32.4 Å². The minimum absolute atomic E-state index is 0.112. The van der Waals surface area contributed by atoms with E-state index in [0.29, 0.717) is 66.1 Å². The molecule has 0 aliphatic carbocycles. The fraction of sp³-hybridized carbons (Fsp3) is 0.914. The summed E-state index contributed by atoms with van der Waals surface area (Å²) in [5.41, 5.74) is 0. The van der Waals surface area contributed by atoms with E-state index in [1.807, 2.05) is 17.8 Å². The molecule has 0 bridgehead atoms. The highest BCUT2D eigenvalue weighted by atomic mass is 32.2. The van der Waals surface area contributed by atoms with E-state index in [1.165, 1.54) is 57.6 Å². The monoisotopic (exact) mass is 725 g/mol. The smallest absolute Gasteiger partial charge is 0.217 e. The largest absolute Gasteiger partial charge is 0.394 e. The van der Waals surface area contributed by atoms with Crippen LogP contribution in [0, 0.1) is 0 Å². The highest BCUT2D eigenvalue weighted by Crippen LogP contribution is 2.26. The number of carbonyl (C=O) groups is 1. The summed E-state index contributed by atoms with van der Waals surface area (Å²) >= 11 is 2.00. The standard InChI is InChI=1S/C35H67NO12S/c1-5-35(3,4)49-27-13-11-9-7-6-8-10-12-14-41-15-16-42-17-18-43-19-20-44-21-22-45-23-24-46-25-26-47-34-31(36-29(2)38)33(40)32(39)30(28-37)48-34/h5,30-34,37,39-40H,1,6-28H2,2-4H3,(H,36,38). The summed E-state index contributed by atoms with van der Waals surface area (Å²) in [6.45, 7) is 15.0. The molecule has 0 aromatic rings. The maximum absolute atomic E-state index is 11.5. The number of aliphatic hydroxyl groups excluding tert-OH is 3. The summed E-state index contributed by atoms with van der Waals surface area (Å²) < 4.78 is 44.4. The third-order valence-electron chi connectivity index (χ3n) is 7.77. The lowest BCUT2D eigenvalue weighted by Crippen LogP contribution is -2.64. The lowest BCUT2D eigenvalue weighted by Gasteiger charge is -2.42. The molecule has 1 saturated heterocycles. The quantitative estimate of drug-likeness (QED) is 0.0567. The zero-order chi connectivity index (χ0) is 36.0. The molecule has 1 heterocycles. The van der Waals surface area contributed by atoms with Gasteiger partial charge < -0.3 is 58.5 Å². The maximum atomic E-state index is 11.5. The van der Waals surface area contributed by atoms with Crippen LogP contribution in [0.2, 0.25) is 0 Å². The Morgan fingerprint density at radius 3 is 1.59 bits per heavy atom.